The molecule has 0 aliphatic heterocycles. The Bertz CT molecular complexity index is 99.1. The van der Waals surface area contributed by atoms with E-state index in [1.807, 2.05) is 0 Å². The van der Waals surface area contributed by atoms with E-state index < -0.39 is 11.9 Å². The zero-order valence-corrected chi connectivity index (χ0v) is 9.13. The summed E-state index contributed by atoms with van der Waals surface area (Å²) in [6, 6.07) is 0. The van der Waals surface area contributed by atoms with Gasteiger partial charge < -0.3 is 10.2 Å². The molecule has 0 rings (SSSR count). The average molecular weight is 171 g/mol. The van der Waals surface area contributed by atoms with Crippen molar-refractivity contribution < 1.29 is 19.8 Å². The van der Waals surface area contributed by atoms with E-state index in [0.29, 0.717) is 0 Å². The fraction of sp³-hybridized carbons (Fsp3) is 0.667. The first-order chi connectivity index (χ1) is 4.54. The molecule has 0 amide bonds. The maximum Gasteiger partial charge on any atom is 0.303 e. The van der Waals surface area contributed by atoms with Crippen molar-refractivity contribution >= 4 is 41.5 Å². The molecular formula is C6H12NaO4. The second-order valence-corrected chi connectivity index (χ2v) is 1.49. The number of carbonyl (C=O) groups is 2. The molecule has 0 aliphatic rings. The number of hydrogen-bond donors (Lipinski definition) is 2. The van der Waals surface area contributed by atoms with Crippen LogP contribution in [0.25, 0.3) is 0 Å². The summed E-state index contributed by atoms with van der Waals surface area (Å²) in [5, 5.41) is 15.4. The Morgan fingerprint density at radius 3 is 1.09 bits per heavy atom. The van der Waals surface area contributed by atoms with Gasteiger partial charge >= 0.3 is 11.9 Å². The van der Waals surface area contributed by atoms with E-state index >= 15 is 0 Å². The summed E-state index contributed by atoms with van der Waals surface area (Å²) in [4.78, 5) is 18.7. The van der Waals surface area contributed by atoms with E-state index in [0.717, 1.165) is 0 Å². The van der Waals surface area contributed by atoms with Crippen LogP contribution in [0.3, 0.4) is 0 Å². The van der Waals surface area contributed by atoms with Crippen LogP contribution in [-0.4, -0.2) is 51.7 Å². The number of aliphatic carboxylic acids is 2. The van der Waals surface area contributed by atoms with Crippen LogP contribution in [0.5, 0.6) is 0 Å². The molecule has 2 N–H and O–H groups in total. The Morgan fingerprint density at radius 2 is 1.09 bits per heavy atom. The molecule has 0 unspecified atom stereocenters. The van der Waals surface area contributed by atoms with Gasteiger partial charge in [0.2, 0.25) is 0 Å². The topological polar surface area (TPSA) is 74.6 Å². The first-order valence-corrected chi connectivity index (χ1v) is 2.98. The number of carboxylic acids is 2. The molecule has 0 fully saturated rings. The molecule has 11 heavy (non-hydrogen) atoms. The second-order valence-electron chi connectivity index (χ2n) is 1.49. The van der Waals surface area contributed by atoms with Gasteiger partial charge in [0.1, 0.15) is 0 Å². The third kappa shape index (κ3) is 40.4. The van der Waals surface area contributed by atoms with Gasteiger partial charge in [-0.2, -0.15) is 0 Å². The van der Waals surface area contributed by atoms with E-state index in [1.165, 1.54) is 0 Å². The van der Waals surface area contributed by atoms with Crippen molar-refractivity contribution in [1.82, 2.24) is 0 Å². The molecule has 0 heterocycles. The molecule has 0 aromatic heterocycles. The summed E-state index contributed by atoms with van der Waals surface area (Å²) in [6.07, 6.45) is 0.444. The molecule has 1 radical (unpaired) electrons. The third-order valence-corrected chi connectivity index (χ3v) is 0.605. The summed E-state index contributed by atoms with van der Waals surface area (Å²) < 4.78 is 0. The van der Waals surface area contributed by atoms with Gasteiger partial charge in [0.25, 0.3) is 0 Å². The van der Waals surface area contributed by atoms with Gasteiger partial charge in [-0.3, -0.25) is 9.59 Å². The zero-order chi connectivity index (χ0) is 8.57. The molecule has 0 aliphatic carbocycles. The Balaban J connectivity index is -0.000000107. The molecule has 0 saturated heterocycles. The largest absolute Gasteiger partial charge is 0.481 e. The predicted octanol–water partition coefficient (Wildman–Crippen LogP) is 0.581. The molecule has 0 bridgehead atoms. The predicted molar refractivity (Wildman–Crippen MR) is 41.6 cm³/mol. The first-order valence-electron chi connectivity index (χ1n) is 2.98. The van der Waals surface area contributed by atoms with Crippen molar-refractivity contribution in [1.29, 1.82) is 0 Å². The van der Waals surface area contributed by atoms with Crippen LogP contribution in [0.1, 0.15) is 26.7 Å². The van der Waals surface area contributed by atoms with Crippen LogP contribution < -0.4 is 0 Å². The molecule has 0 aromatic rings. The Hall–Kier alpha value is -0.0600. The van der Waals surface area contributed by atoms with Gasteiger partial charge in [0.15, 0.2) is 0 Å². The summed E-state index contributed by atoms with van der Waals surface area (Å²) in [7, 11) is 0. The minimum absolute atomic E-state index is 0. The molecular weight excluding hydrogens is 159 g/mol. The van der Waals surface area contributed by atoms with Crippen molar-refractivity contribution in [2.45, 2.75) is 26.7 Å². The van der Waals surface area contributed by atoms with Crippen LogP contribution in [0.15, 0.2) is 0 Å². The van der Waals surface area contributed by atoms with Gasteiger partial charge in [-0.1, -0.05) is 13.8 Å². The molecule has 5 heteroatoms. The van der Waals surface area contributed by atoms with Crippen LogP contribution >= 0.6 is 0 Å². The van der Waals surface area contributed by atoms with Crippen molar-refractivity contribution in [3.05, 3.63) is 0 Å². The maximum absolute atomic E-state index is 9.37. The Morgan fingerprint density at radius 1 is 1.00 bits per heavy atom. The normalized spacial score (nSPS) is 6.73. The SMILES string of the molecule is CCC(=O)O.CCC(=O)O.[Na]. The quantitative estimate of drug-likeness (QED) is 0.596. The van der Waals surface area contributed by atoms with Crippen molar-refractivity contribution in [3.63, 3.8) is 0 Å². The molecule has 0 aromatic carbocycles. The summed E-state index contributed by atoms with van der Waals surface area (Å²) in [6.45, 7) is 3.20. The van der Waals surface area contributed by atoms with Gasteiger partial charge in [0, 0.05) is 42.4 Å². The molecule has 0 saturated carbocycles. The molecule has 0 atom stereocenters. The molecule has 61 valence electrons. The fourth-order valence-electron chi connectivity index (χ4n) is 0. The van der Waals surface area contributed by atoms with Gasteiger partial charge in [-0.15, -0.1) is 0 Å². The van der Waals surface area contributed by atoms with Gasteiger partial charge in [-0.05, 0) is 0 Å². The number of carboxylic acid groups (broad SMARTS) is 2. The Labute approximate surface area is 87.9 Å². The number of rotatable bonds is 2. The van der Waals surface area contributed by atoms with Crippen LogP contribution in [-0.2, 0) is 9.59 Å². The maximum atomic E-state index is 9.37. The summed E-state index contributed by atoms with van der Waals surface area (Å²) in [5.74, 6) is -1.49. The molecule has 0 spiro atoms. The first kappa shape index (κ1) is 17.1. The second kappa shape index (κ2) is 12.6. The van der Waals surface area contributed by atoms with Crippen LogP contribution in [0, 0.1) is 0 Å². The fourth-order valence-corrected chi connectivity index (χ4v) is 0. The Kier molecular flexibility index (Phi) is 19.6. The van der Waals surface area contributed by atoms with E-state index in [-0.39, 0.29) is 42.4 Å². The van der Waals surface area contributed by atoms with Crippen LogP contribution in [0.4, 0.5) is 0 Å². The minimum Gasteiger partial charge on any atom is -0.481 e. The van der Waals surface area contributed by atoms with Crippen LogP contribution in [0.2, 0.25) is 0 Å². The number of hydrogen-bond acceptors (Lipinski definition) is 2. The third-order valence-electron chi connectivity index (χ3n) is 0.605. The van der Waals surface area contributed by atoms with E-state index in [4.69, 9.17) is 10.2 Å². The van der Waals surface area contributed by atoms with E-state index in [1.54, 1.807) is 13.8 Å². The monoisotopic (exact) mass is 171 g/mol. The van der Waals surface area contributed by atoms with E-state index in [2.05, 4.69) is 0 Å². The average Bonchev–Trinajstić information content (AvgIpc) is 1.89. The van der Waals surface area contributed by atoms with Gasteiger partial charge in [-0.25, -0.2) is 0 Å². The van der Waals surface area contributed by atoms with Crippen molar-refractivity contribution in [3.8, 4) is 0 Å². The smallest absolute Gasteiger partial charge is 0.303 e. The molecule has 4 nitrogen and oxygen atoms in total. The van der Waals surface area contributed by atoms with Gasteiger partial charge in [0.05, 0.1) is 0 Å². The van der Waals surface area contributed by atoms with Crippen molar-refractivity contribution in [2.24, 2.45) is 0 Å². The summed E-state index contributed by atoms with van der Waals surface area (Å²) in [5.41, 5.74) is 0. The minimum atomic E-state index is -0.745. The van der Waals surface area contributed by atoms with E-state index in [9.17, 15) is 9.59 Å². The van der Waals surface area contributed by atoms with Crippen molar-refractivity contribution in [2.75, 3.05) is 0 Å². The zero-order valence-electron chi connectivity index (χ0n) is 7.13. The standard InChI is InChI=1S/2C3H6O2.Na/c2*1-2-3(4)5;/h2*2H2,1H3,(H,4,5);. The summed E-state index contributed by atoms with van der Waals surface area (Å²) >= 11 is 0.